The molecule has 0 fully saturated rings. The first-order valence-corrected chi connectivity index (χ1v) is 7.15. The van der Waals surface area contributed by atoms with Crippen molar-refractivity contribution in [3.05, 3.63) is 16.1 Å². The van der Waals surface area contributed by atoms with E-state index in [4.69, 9.17) is 0 Å². The molecule has 1 rings (SSSR count). The van der Waals surface area contributed by atoms with Crippen LogP contribution in [0.2, 0.25) is 0 Å². The number of nitrogens with zero attached hydrogens (tertiary/aromatic N) is 1. The Labute approximate surface area is 91.4 Å². The normalized spacial score (nSPS) is 15.4. The van der Waals surface area contributed by atoms with Crippen LogP contribution in [0.4, 0.5) is 0 Å². The minimum absolute atomic E-state index is 0.311. The first kappa shape index (κ1) is 11.8. The number of hydrogen-bond acceptors (Lipinski definition) is 4. The first-order chi connectivity index (χ1) is 6.61. The van der Waals surface area contributed by atoms with E-state index in [0.717, 1.165) is 12.2 Å². The van der Waals surface area contributed by atoms with Crippen LogP contribution >= 0.6 is 11.3 Å². The van der Waals surface area contributed by atoms with Gasteiger partial charge in [-0.25, -0.2) is 4.98 Å². The maximum absolute atomic E-state index is 10.8. The fourth-order valence-electron chi connectivity index (χ4n) is 1.24. The van der Waals surface area contributed by atoms with Crippen LogP contribution in [0.25, 0.3) is 0 Å². The van der Waals surface area contributed by atoms with Crippen molar-refractivity contribution in [3.63, 3.8) is 0 Å². The Morgan fingerprint density at radius 2 is 2.43 bits per heavy atom. The van der Waals surface area contributed by atoms with E-state index in [1.165, 1.54) is 4.88 Å². The molecule has 0 aliphatic heterocycles. The first-order valence-electron chi connectivity index (χ1n) is 4.54. The molecule has 0 saturated carbocycles. The summed E-state index contributed by atoms with van der Waals surface area (Å²) in [5, 5.41) is 3.33. The molecule has 1 aromatic heterocycles. The topological polar surface area (TPSA) is 42.0 Å². The summed E-state index contributed by atoms with van der Waals surface area (Å²) in [6.07, 6.45) is 1.73. The minimum Gasteiger partial charge on any atom is -0.308 e. The fourth-order valence-corrected chi connectivity index (χ4v) is 2.48. The second-order valence-electron chi connectivity index (χ2n) is 3.26. The summed E-state index contributed by atoms with van der Waals surface area (Å²) in [5.41, 5.74) is 2.95. The Balaban J connectivity index is 2.39. The second-order valence-corrected chi connectivity index (χ2v) is 5.70. The zero-order valence-electron chi connectivity index (χ0n) is 8.74. The number of aryl methyl sites for hydroxylation is 1. The van der Waals surface area contributed by atoms with Crippen molar-refractivity contribution in [2.45, 2.75) is 19.9 Å². The molecule has 0 bridgehead atoms. The molecule has 0 radical (unpaired) electrons. The Kier molecular flexibility index (Phi) is 4.71. The predicted molar refractivity (Wildman–Crippen MR) is 62.2 cm³/mol. The van der Waals surface area contributed by atoms with Crippen LogP contribution in [-0.4, -0.2) is 27.7 Å². The Morgan fingerprint density at radius 1 is 1.71 bits per heavy atom. The van der Waals surface area contributed by atoms with Gasteiger partial charge in [0.15, 0.2) is 0 Å². The molecule has 0 aromatic carbocycles. The van der Waals surface area contributed by atoms with Crippen molar-refractivity contribution < 1.29 is 4.21 Å². The zero-order valence-corrected chi connectivity index (χ0v) is 10.4. The highest BCUT2D eigenvalue weighted by Gasteiger charge is 2.09. The van der Waals surface area contributed by atoms with Crippen LogP contribution in [0.5, 0.6) is 0 Å². The number of nitrogens with one attached hydrogen (secondary N) is 1. The Hall–Kier alpha value is -0.260. The van der Waals surface area contributed by atoms with Crippen LogP contribution in [0, 0.1) is 6.92 Å². The van der Waals surface area contributed by atoms with E-state index in [9.17, 15) is 4.21 Å². The van der Waals surface area contributed by atoms with Gasteiger partial charge in [0, 0.05) is 40.3 Å². The van der Waals surface area contributed by atoms with E-state index < -0.39 is 10.8 Å². The van der Waals surface area contributed by atoms with Crippen molar-refractivity contribution in [2.75, 3.05) is 18.6 Å². The van der Waals surface area contributed by atoms with E-state index in [1.807, 2.05) is 12.4 Å². The minimum atomic E-state index is -0.709. The zero-order chi connectivity index (χ0) is 10.6. The number of thiazole rings is 1. The number of hydrogen-bond donors (Lipinski definition) is 1. The molecule has 1 heterocycles. The van der Waals surface area contributed by atoms with Crippen LogP contribution in [-0.2, 0) is 10.8 Å². The van der Waals surface area contributed by atoms with Gasteiger partial charge in [-0.2, -0.15) is 0 Å². The van der Waals surface area contributed by atoms with Gasteiger partial charge in [-0.15, -0.1) is 11.3 Å². The fraction of sp³-hybridized carbons (Fsp3) is 0.667. The highest BCUT2D eigenvalue weighted by Crippen LogP contribution is 2.20. The molecule has 2 atom stereocenters. The summed E-state index contributed by atoms with van der Waals surface area (Å²) in [7, 11) is -0.709. The van der Waals surface area contributed by atoms with Crippen LogP contribution < -0.4 is 5.32 Å². The highest BCUT2D eigenvalue weighted by molar-refractivity contribution is 7.84. The third-order valence-electron chi connectivity index (χ3n) is 2.02. The molecule has 14 heavy (non-hydrogen) atoms. The predicted octanol–water partition coefficient (Wildman–Crippen LogP) is 1.48. The molecule has 5 heteroatoms. The summed E-state index contributed by atoms with van der Waals surface area (Å²) in [6, 6.07) is 0.311. The largest absolute Gasteiger partial charge is 0.308 e. The van der Waals surface area contributed by atoms with E-state index >= 15 is 0 Å². The third-order valence-corrected chi connectivity index (χ3v) is 3.91. The molecule has 0 amide bonds. The summed E-state index contributed by atoms with van der Waals surface area (Å²) in [6.45, 7) is 4.92. The van der Waals surface area contributed by atoms with Crippen molar-refractivity contribution in [1.29, 1.82) is 0 Å². The van der Waals surface area contributed by atoms with Crippen molar-refractivity contribution in [1.82, 2.24) is 10.3 Å². The average molecular weight is 232 g/mol. The molecule has 2 unspecified atom stereocenters. The molecule has 0 aliphatic carbocycles. The van der Waals surface area contributed by atoms with Gasteiger partial charge in [0.1, 0.15) is 0 Å². The summed E-state index contributed by atoms with van der Waals surface area (Å²) in [4.78, 5) is 5.47. The Bertz CT molecular complexity index is 312. The SMILES string of the molecule is Cc1ncsc1C(C)NCCS(C)=O. The van der Waals surface area contributed by atoms with Crippen molar-refractivity contribution in [2.24, 2.45) is 0 Å². The Morgan fingerprint density at radius 3 is 2.93 bits per heavy atom. The molecule has 1 N–H and O–H groups in total. The van der Waals surface area contributed by atoms with E-state index in [1.54, 1.807) is 17.6 Å². The van der Waals surface area contributed by atoms with Gasteiger partial charge in [0.05, 0.1) is 11.2 Å². The molecule has 3 nitrogen and oxygen atoms in total. The van der Waals surface area contributed by atoms with E-state index in [0.29, 0.717) is 11.8 Å². The monoisotopic (exact) mass is 232 g/mol. The van der Waals surface area contributed by atoms with E-state index in [2.05, 4.69) is 17.2 Å². The quantitative estimate of drug-likeness (QED) is 0.836. The lowest BCUT2D eigenvalue weighted by atomic mass is 10.2. The second kappa shape index (κ2) is 5.58. The van der Waals surface area contributed by atoms with Gasteiger partial charge in [0.25, 0.3) is 0 Å². The summed E-state index contributed by atoms with van der Waals surface area (Å²) >= 11 is 1.67. The standard InChI is InChI=1S/C9H16N2OS2/c1-7(10-4-5-14(3)12)9-8(2)11-6-13-9/h6-7,10H,4-5H2,1-3H3. The lowest BCUT2D eigenvalue weighted by molar-refractivity contribution is 0.602. The number of rotatable bonds is 5. The lowest BCUT2D eigenvalue weighted by Gasteiger charge is -2.11. The maximum Gasteiger partial charge on any atom is 0.0798 e. The molecule has 80 valence electrons. The molecule has 0 spiro atoms. The van der Waals surface area contributed by atoms with Gasteiger partial charge >= 0.3 is 0 Å². The summed E-state index contributed by atoms with van der Waals surface area (Å²) in [5.74, 6) is 0.711. The van der Waals surface area contributed by atoms with Gasteiger partial charge in [-0.1, -0.05) is 0 Å². The maximum atomic E-state index is 10.8. The van der Waals surface area contributed by atoms with Gasteiger partial charge in [-0.3, -0.25) is 4.21 Å². The van der Waals surface area contributed by atoms with E-state index in [-0.39, 0.29) is 0 Å². The lowest BCUT2D eigenvalue weighted by Crippen LogP contribution is -2.23. The highest BCUT2D eigenvalue weighted by atomic mass is 32.2. The smallest absolute Gasteiger partial charge is 0.0798 e. The molecule has 0 saturated heterocycles. The third kappa shape index (κ3) is 3.48. The van der Waals surface area contributed by atoms with Crippen molar-refractivity contribution in [3.8, 4) is 0 Å². The molecular formula is C9H16N2OS2. The van der Waals surface area contributed by atoms with Crippen LogP contribution in [0.1, 0.15) is 23.5 Å². The summed E-state index contributed by atoms with van der Waals surface area (Å²) < 4.78 is 10.8. The van der Waals surface area contributed by atoms with Crippen LogP contribution in [0.15, 0.2) is 5.51 Å². The van der Waals surface area contributed by atoms with Gasteiger partial charge < -0.3 is 5.32 Å². The van der Waals surface area contributed by atoms with Crippen LogP contribution in [0.3, 0.4) is 0 Å². The average Bonchev–Trinajstić information content (AvgIpc) is 2.50. The van der Waals surface area contributed by atoms with Gasteiger partial charge in [-0.05, 0) is 13.8 Å². The molecular weight excluding hydrogens is 216 g/mol. The number of aromatic nitrogens is 1. The molecule has 0 aliphatic rings. The van der Waals surface area contributed by atoms with Gasteiger partial charge in [0.2, 0.25) is 0 Å². The van der Waals surface area contributed by atoms with Crippen molar-refractivity contribution >= 4 is 22.1 Å². The molecule has 1 aromatic rings.